The van der Waals surface area contributed by atoms with E-state index in [1.54, 1.807) is 0 Å². The van der Waals surface area contributed by atoms with Gasteiger partial charge in [0, 0.05) is 0 Å². The third-order valence-corrected chi connectivity index (χ3v) is 3.53. The van der Waals surface area contributed by atoms with Gasteiger partial charge in [0.25, 0.3) is 0 Å². The van der Waals surface area contributed by atoms with E-state index in [2.05, 4.69) is 11.3 Å². The molecule has 0 atom stereocenters. The summed E-state index contributed by atoms with van der Waals surface area (Å²) >= 11 is 1.43. The fourth-order valence-corrected chi connectivity index (χ4v) is 2.73. The van der Waals surface area contributed by atoms with Gasteiger partial charge in [-0.05, 0) is 43.3 Å². The molecule has 0 aliphatic heterocycles. The third-order valence-electron chi connectivity index (χ3n) is 2.46. The number of aryl methyl sites for hydroxylation is 1. The van der Waals surface area contributed by atoms with Crippen molar-refractivity contribution in [2.24, 2.45) is 5.92 Å². The zero-order valence-corrected chi connectivity index (χ0v) is 8.19. The molecule has 0 spiro atoms. The first-order valence-corrected chi connectivity index (χ1v) is 5.04. The zero-order valence-electron chi connectivity index (χ0n) is 7.37. The van der Waals surface area contributed by atoms with Gasteiger partial charge in [-0.15, -0.1) is 0 Å². The number of nitrogens with zero attached hydrogens (tertiary/aromatic N) is 1. The molecule has 1 saturated carbocycles. The lowest BCUT2D eigenvalue weighted by Crippen LogP contribution is -2.38. The Morgan fingerprint density at radius 1 is 1.67 bits per heavy atom. The van der Waals surface area contributed by atoms with Crippen LogP contribution in [0.2, 0.25) is 0 Å². The highest BCUT2D eigenvalue weighted by Crippen LogP contribution is 2.46. The Labute approximate surface area is 76.4 Å². The minimum Gasteiger partial charge on any atom is -0.384 e. The number of rotatable bonds is 1. The van der Waals surface area contributed by atoms with E-state index in [4.69, 9.17) is 0 Å². The molecule has 12 heavy (non-hydrogen) atoms. The molecule has 66 valence electrons. The van der Waals surface area contributed by atoms with Crippen molar-refractivity contribution in [3.8, 4) is 0 Å². The van der Waals surface area contributed by atoms with Crippen LogP contribution in [0.5, 0.6) is 0 Å². The standard InChI is InChI=1S/C9H13NOS/c1-6-4-9(11,5-6)8-3-7(2)10-12-8/h3,6,11H,4-5H2,1-2H3. The van der Waals surface area contributed by atoms with E-state index in [9.17, 15) is 5.11 Å². The Hall–Kier alpha value is -0.410. The van der Waals surface area contributed by atoms with Gasteiger partial charge < -0.3 is 5.11 Å². The van der Waals surface area contributed by atoms with Crippen LogP contribution in [0.3, 0.4) is 0 Å². The van der Waals surface area contributed by atoms with Crippen LogP contribution in [0.15, 0.2) is 6.07 Å². The fourth-order valence-electron chi connectivity index (χ4n) is 1.88. The van der Waals surface area contributed by atoms with Gasteiger partial charge in [-0.3, -0.25) is 0 Å². The zero-order chi connectivity index (χ0) is 8.77. The van der Waals surface area contributed by atoms with Gasteiger partial charge in [0.05, 0.1) is 10.6 Å². The highest BCUT2D eigenvalue weighted by molar-refractivity contribution is 7.06. The van der Waals surface area contributed by atoms with Crippen LogP contribution in [-0.4, -0.2) is 9.48 Å². The van der Waals surface area contributed by atoms with Crippen molar-refractivity contribution in [1.82, 2.24) is 4.37 Å². The van der Waals surface area contributed by atoms with Crippen LogP contribution in [0.4, 0.5) is 0 Å². The molecule has 1 aliphatic carbocycles. The van der Waals surface area contributed by atoms with Crippen LogP contribution in [-0.2, 0) is 5.60 Å². The smallest absolute Gasteiger partial charge is 0.101 e. The predicted octanol–water partition coefficient (Wildman–Crippen LogP) is 2.07. The van der Waals surface area contributed by atoms with Crippen molar-refractivity contribution in [2.45, 2.75) is 32.3 Å². The Morgan fingerprint density at radius 3 is 2.75 bits per heavy atom. The molecule has 3 heteroatoms. The lowest BCUT2D eigenvalue weighted by Gasteiger charge is -2.40. The molecule has 0 aromatic carbocycles. The molecule has 1 fully saturated rings. The van der Waals surface area contributed by atoms with Gasteiger partial charge in [-0.1, -0.05) is 6.92 Å². The second kappa shape index (κ2) is 2.54. The van der Waals surface area contributed by atoms with E-state index < -0.39 is 5.60 Å². The summed E-state index contributed by atoms with van der Waals surface area (Å²) in [7, 11) is 0. The molecule has 2 nitrogen and oxygen atoms in total. The van der Waals surface area contributed by atoms with Crippen LogP contribution >= 0.6 is 11.5 Å². The van der Waals surface area contributed by atoms with E-state index in [1.165, 1.54) is 11.5 Å². The average molecular weight is 183 g/mol. The van der Waals surface area contributed by atoms with Gasteiger partial charge in [-0.25, -0.2) is 0 Å². The Morgan fingerprint density at radius 2 is 2.33 bits per heavy atom. The van der Waals surface area contributed by atoms with Crippen LogP contribution in [0, 0.1) is 12.8 Å². The maximum Gasteiger partial charge on any atom is 0.101 e. The fraction of sp³-hybridized carbons (Fsp3) is 0.667. The first-order chi connectivity index (χ1) is 5.60. The molecule has 0 unspecified atom stereocenters. The SMILES string of the molecule is Cc1cc(C2(O)CC(C)C2)sn1. The minimum absolute atomic E-state index is 0.536. The van der Waals surface area contributed by atoms with E-state index in [-0.39, 0.29) is 0 Å². The Balaban J connectivity index is 2.20. The topological polar surface area (TPSA) is 33.1 Å². The monoisotopic (exact) mass is 183 g/mol. The second-order valence-corrected chi connectivity index (χ2v) is 4.68. The predicted molar refractivity (Wildman–Crippen MR) is 49.1 cm³/mol. The van der Waals surface area contributed by atoms with Crippen LogP contribution < -0.4 is 0 Å². The number of hydrogen-bond donors (Lipinski definition) is 1. The molecule has 0 bridgehead atoms. The largest absolute Gasteiger partial charge is 0.384 e. The second-order valence-electron chi connectivity index (χ2n) is 3.88. The molecular weight excluding hydrogens is 170 g/mol. The summed E-state index contributed by atoms with van der Waals surface area (Å²) in [5, 5.41) is 10.0. The van der Waals surface area contributed by atoms with E-state index >= 15 is 0 Å². The molecular formula is C9H13NOS. The van der Waals surface area contributed by atoms with Gasteiger partial charge >= 0.3 is 0 Å². The third kappa shape index (κ3) is 1.17. The van der Waals surface area contributed by atoms with E-state index in [0.29, 0.717) is 5.92 Å². The average Bonchev–Trinajstić information content (AvgIpc) is 2.33. The van der Waals surface area contributed by atoms with Crippen LogP contribution in [0.25, 0.3) is 0 Å². The molecule has 1 aromatic rings. The number of aliphatic hydroxyl groups is 1. The van der Waals surface area contributed by atoms with Crippen molar-refractivity contribution in [3.63, 3.8) is 0 Å². The van der Waals surface area contributed by atoms with Crippen molar-refractivity contribution in [3.05, 3.63) is 16.6 Å². The van der Waals surface area contributed by atoms with Crippen molar-refractivity contribution < 1.29 is 5.11 Å². The Bertz CT molecular complexity index is 288. The highest BCUT2D eigenvalue weighted by Gasteiger charge is 2.42. The molecule has 1 N–H and O–H groups in total. The molecule has 1 aliphatic rings. The first kappa shape index (κ1) is 8.20. The lowest BCUT2D eigenvalue weighted by molar-refractivity contribution is -0.0708. The van der Waals surface area contributed by atoms with Crippen molar-refractivity contribution in [2.75, 3.05) is 0 Å². The summed E-state index contributed by atoms with van der Waals surface area (Å²) in [5.41, 5.74) is 0.480. The minimum atomic E-state index is -0.536. The molecule has 1 aromatic heterocycles. The summed E-state index contributed by atoms with van der Waals surface area (Å²) in [6.07, 6.45) is 1.79. The van der Waals surface area contributed by atoms with Gasteiger partial charge in [-0.2, -0.15) is 4.37 Å². The number of hydrogen-bond acceptors (Lipinski definition) is 3. The van der Waals surface area contributed by atoms with Crippen LogP contribution in [0.1, 0.15) is 30.3 Å². The highest BCUT2D eigenvalue weighted by atomic mass is 32.1. The molecule has 0 saturated heterocycles. The summed E-state index contributed by atoms with van der Waals surface area (Å²) in [6, 6.07) is 2.00. The Kier molecular flexibility index (Phi) is 1.73. The quantitative estimate of drug-likeness (QED) is 0.723. The summed E-state index contributed by atoms with van der Waals surface area (Å²) in [4.78, 5) is 1.04. The van der Waals surface area contributed by atoms with Gasteiger partial charge in [0.1, 0.15) is 5.60 Å². The number of aromatic nitrogens is 1. The molecule has 2 rings (SSSR count). The summed E-state index contributed by atoms with van der Waals surface area (Å²) in [5.74, 6) is 0.664. The molecule has 1 heterocycles. The maximum absolute atomic E-state index is 10.0. The lowest BCUT2D eigenvalue weighted by atomic mass is 9.71. The van der Waals surface area contributed by atoms with E-state index in [0.717, 1.165) is 23.4 Å². The first-order valence-electron chi connectivity index (χ1n) is 4.26. The van der Waals surface area contributed by atoms with Crippen molar-refractivity contribution >= 4 is 11.5 Å². The van der Waals surface area contributed by atoms with E-state index in [1.807, 2.05) is 13.0 Å². The summed E-state index contributed by atoms with van der Waals surface area (Å²) < 4.78 is 4.17. The molecule has 0 radical (unpaired) electrons. The normalized spacial score (nSPS) is 34.8. The van der Waals surface area contributed by atoms with Gasteiger partial charge in [0.15, 0.2) is 0 Å². The molecule has 0 amide bonds. The van der Waals surface area contributed by atoms with Crippen molar-refractivity contribution in [1.29, 1.82) is 0 Å². The van der Waals surface area contributed by atoms with Gasteiger partial charge in [0.2, 0.25) is 0 Å². The summed E-state index contributed by atoms with van der Waals surface area (Å²) in [6.45, 7) is 4.13. The maximum atomic E-state index is 10.0.